The summed E-state index contributed by atoms with van der Waals surface area (Å²) in [6, 6.07) is 8.95. The molecule has 0 saturated carbocycles. The van der Waals surface area contributed by atoms with Crippen LogP contribution in [0.15, 0.2) is 34.7 Å². The third-order valence-electron chi connectivity index (χ3n) is 4.68. The zero-order valence-corrected chi connectivity index (χ0v) is 15.7. The van der Waals surface area contributed by atoms with Crippen molar-refractivity contribution in [3.8, 4) is 0 Å². The van der Waals surface area contributed by atoms with E-state index in [0.29, 0.717) is 0 Å². The maximum Gasteiger partial charge on any atom is 0.0370 e. The normalized spacial score (nSPS) is 18.7. The van der Waals surface area contributed by atoms with Gasteiger partial charge in [0.2, 0.25) is 0 Å². The molecule has 0 bridgehead atoms. The molecule has 0 atom stereocenters. The van der Waals surface area contributed by atoms with Crippen LogP contribution in [0, 0.1) is 10.8 Å². The van der Waals surface area contributed by atoms with E-state index in [0.717, 1.165) is 6.42 Å². The Morgan fingerprint density at radius 3 is 2.10 bits per heavy atom. The highest BCUT2D eigenvalue weighted by Gasteiger charge is 2.43. The number of thioether (sulfide) groups is 1. The summed E-state index contributed by atoms with van der Waals surface area (Å²) in [5, 5.41) is 0. The summed E-state index contributed by atoms with van der Waals surface area (Å²) >= 11 is 2.02. The van der Waals surface area contributed by atoms with Gasteiger partial charge in [0.15, 0.2) is 0 Å². The van der Waals surface area contributed by atoms with Crippen LogP contribution in [0.4, 0.5) is 0 Å². The maximum absolute atomic E-state index is 2.40. The van der Waals surface area contributed by atoms with E-state index in [1.54, 1.807) is 11.1 Å². The SMILES string of the molecule is CCC(C)(C)C1=C(C(C)(C)C)C(C)(C)Sc2ccccc21. The third-order valence-corrected chi connectivity index (χ3v) is 5.97. The lowest BCUT2D eigenvalue weighted by Crippen LogP contribution is -2.35. The number of allylic oxidation sites excluding steroid dienone is 1. The lowest BCUT2D eigenvalue weighted by atomic mass is 9.67. The van der Waals surface area contributed by atoms with E-state index in [-0.39, 0.29) is 15.6 Å². The molecule has 0 amide bonds. The van der Waals surface area contributed by atoms with Crippen molar-refractivity contribution in [3.05, 3.63) is 35.4 Å². The highest BCUT2D eigenvalue weighted by Crippen LogP contribution is 2.58. The van der Waals surface area contributed by atoms with Crippen LogP contribution in [-0.2, 0) is 0 Å². The Morgan fingerprint density at radius 1 is 1.00 bits per heavy atom. The van der Waals surface area contributed by atoms with Gasteiger partial charge in [0, 0.05) is 9.64 Å². The molecule has 21 heavy (non-hydrogen) atoms. The van der Waals surface area contributed by atoms with Crippen molar-refractivity contribution in [3.63, 3.8) is 0 Å². The Balaban J connectivity index is 2.87. The van der Waals surface area contributed by atoms with E-state index >= 15 is 0 Å². The monoisotopic (exact) mass is 302 g/mol. The Kier molecular flexibility index (Phi) is 4.12. The fourth-order valence-corrected chi connectivity index (χ4v) is 5.17. The average molecular weight is 303 g/mol. The van der Waals surface area contributed by atoms with Crippen LogP contribution in [0.1, 0.15) is 67.4 Å². The molecule has 0 unspecified atom stereocenters. The van der Waals surface area contributed by atoms with Gasteiger partial charge >= 0.3 is 0 Å². The summed E-state index contributed by atoms with van der Waals surface area (Å²) < 4.78 is 0.147. The molecule has 0 fully saturated rings. The standard InChI is InChI=1S/C20H30S/c1-9-19(5,6)16-14-12-10-11-13-15(14)21-20(7,8)17(16)18(2,3)4/h10-13H,9H2,1-8H3. The molecule has 0 spiro atoms. The minimum absolute atomic E-state index is 0.147. The summed E-state index contributed by atoms with van der Waals surface area (Å²) in [4.78, 5) is 1.44. The summed E-state index contributed by atoms with van der Waals surface area (Å²) in [5.74, 6) is 0. The first-order chi connectivity index (χ1) is 9.50. The minimum atomic E-state index is 0.147. The zero-order chi connectivity index (χ0) is 16.1. The Morgan fingerprint density at radius 2 is 1.57 bits per heavy atom. The number of rotatable bonds is 2. The molecule has 116 valence electrons. The predicted molar refractivity (Wildman–Crippen MR) is 96.8 cm³/mol. The van der Waals surface area contributed by atoms with Crippen molar-refractivity contribution in [1.29, 1.82) is 0 Å². The molecule has 0 saturated heterocycles. The van der Waals surface area contributed by atoms with Crippen LogP contribution in [0.5, 0.6) is 0 Å². The molecule has 1 heterocycles. The number of hydrogen-bond acceptors (Lipinski definition) is 1. The Labute approximate surface area is 135 Å². The summed E-state index contributed by atoms with van der Waals surface area (Å²) in [7, 11) is 0. The number of hydrogen-bond donors (Lipinski definition) is 0. The summed E-state index contributed by atoms with van der Waals surface area (Å²) in [6.45, 7) is 19.0. The highest BCUT2D eigenvalue weighted by atomic mass is 32.2. The van der Waals surface area contributed by atoms with E-state index in [2.05, 4.69) is 79.7 Å². The van der Waals surface area contributed by atoms with E-state index in [9.17, 15) is 0 Å². The van der Waals surface area contributed by atoms with Gasteiger partial charge in [0.05, 0.1) is 0 Å². The van der Waals surface area contributed by atoms with Crippen molar-refractivity contribution in [2.24, 2.45) is 10.8 Å². The Bertz CT molecular complexity index is 568. The van der Waals surface area contributed by atoms with Gasteiger partial charge in [0.25, 0.3) is 0 Å². The van der Waals surface area contributed by atoms with Gasteiger partial charge in [-0.2, -0.15) is 0 Å². The molecule has 0 aliphatic carbocycles. The van der Waals surface area contributed by atoms with E-state index in [1.165, 1.54) is 10.5 Å². The predicted octanol–water partition coefficient (Wildman–Crippen LogP) is 6.81. The van der Waals surface area contributed by atoms with Gasteiger partial charge in [-0.25, -0.2) is 0 Å². The molecule has 0 nitrogen and oxygen atoms in total. The molecule has 1 heteroatoms. The zero-order valence-electron chi connectivity index (χ0n) is 14.9. The van der Waals surface area contributed by atoms with Gasteiger partial charge in [-0.3, -0.25) is 0 Å². The van der Waals surface area contributed by atoms with Gasteiger partial charge in [-0.05, 0) is 53.9 Å². The largest absolute Gasteiger partial charge is 0.115 e. The van der Waals surface area contributed by atoms with Gasteiger partial charge in [-0.1, -0.05) is 59.7 Å². The molecule has 1 aliphatic heterocycles. The van der Waals surface area contributed by atoms with Crippen LogP contribution < -0.4 is 0 Å². The maximum atomic E-state index is 2.40. The van der Waals surface area contributed by atoms with Gasteiger partial charge < -0.3 is 0 Å². The molecule has 1 aromatic rings. The minimum Gasteiger partial charge on any atom is -0.115 e. The molecule has 0 aromatic heterocycles. The second-order valence-electron chi connectivity index (χ2n) is 8.35. The first-order valence-corrected chi connectivity index (χ1v) is 8.86. The molecule has 0 N–H and O–H groups in total. The molecule has 0 radical (unpaired) electrons. The third kappa shape index (κ3) is 2.95. The van der Waals surface area contributed by atoms with Crippen LogP contribution in [0.3, 0.4) is 0 Å². The average Bonchev–Trinajstić information content (AvgIpc) is 2.34. The van der Waals surface area contributed by atoms with Crippen LogP contribution in [0.25, 0.3) is 5.57 Å². The quantitative estimate of drug-likeness (QED) is 0.578. The molecule has 2 rings (SSSR count). The molecule has 1 aliphatic rings. The smallest absolute Gasteiger partial charge is 0.0370 e. The first-order valence-electron chi connectivity index (χ1n) is 8.05. The second-order valence-corrected chi connectivity index (χ2v) is 10.0. The Hall–Kier alpha value is -0.690. The van der Waals surface area contributed by atoms with Crippen LogP contribution in [0.2, 0.25) is 0 Å². The van der Waals surface area contributed by atoms with Crippen LogP contribution >= 0.6 is 11.8 Å². The lowest BCUT2D eigenvalue weighted by molar-refractivity contribution is 0.426. The fourth-order valence-electron chi connectivity index (χ4n) is 3.68. The molecular weight excluding hydrogens is 272 g/mol. The summed E-state index contributed by atoms with van der Waals surface area (Å²) in [5.41, 5.74) is 5.05. The van der Waals surface area contributed by atoms with Crippen molar-refractivity contribution in [2.75, 3.05) is 0 Å². The topological polar surface area (TPSA) is 0 Å². The van der Waals surface area contributed by atoms with E-state index in [4.69, 9.17) is 0 Å². The van der Waals surface area contributed by atoms with Gasteiger partial charge in [-0.15, -0.1) is 11.8 Å². The number of fused-ring (bicyclic) bond motifs is 1. The van der Waals surface area contributed by atoms with E-state index in [1.807, 2.05) is 11.8 Å². The molecule has 1 aromatic carbocycles. The second kappa shape index (κ2) is 5.19. The highest BCUT2D eigenvalue weighted by molar-refractivity contribution is 8.01. The van der Waals surface area contributed by atoms with Crippen molar-refractivity contribution in [2.45, 2.75) is 71.5 Å². The number of benzene rings is 1. The van der Waals surface area contributed by atoms with Gasteiger partial charge in [0.1, 0.15) is 0 Å². The molecular formula is C20H30S. The van der Waals surface area contributed by atoms with Crippen molar-refractivity contribution >= 4 is 17.3 Å². The van der Waals surface area contributed by atoms with Crippen molar-refractivity contribution in [1.82, 2.24) is 0 Å². The van der Waals surface area contributed by atoms with Crippen molar-refractivity contribution < 1.29 is 0 Å². The summed E-state index contributed by atoms with van der Waals surface area (Å²) in [6.07, 6.45) is 1.16. The fraction of sp³-hybridized carbons (Fsp3) is 0.600. The van der Waals surface area contributed by atoms with Crippen LogP contribution in [-0.4, -0.2) is 4.75 Å². The first kappa shape index (κ1) is 16.7. The van der Waals surface area contributed by atoms with E-state index < -0.39 is 0 Å². The lowest BCUT2D eigenvalue weighted by Gasteiger charge is -2.46.